The number of carbonyl (C=O) groups is 1. The van der Waals surface area contributed by atoms with Gasteiger partial charge in [-0.2, -0.15) is 0 Å². The molecule has 0 radical (unpaired) electrons. The van der Waals surface area contributed by atoms with Crippen LogP contribution in [-0.4, -0.2) is 26.6 Å². The number of hydrogen-bond donors (Lipinski definition) is 1. The van der Waals surface area contributed by atoms with Gasteiger partial charge in [-0.1, -0.05) is 29.8 Å². The zero-order chi connectivity index (χ0) is 17.9. The minimum Gasteiger partial charge on any atom is -0.326 e. The fourth-order valence-electron chi connectivity index (χ4n) is 2.81. The summed E-state index contributed by atoms with van der Waals surface area (Å²) in [5, 5.41) is 3.44. The number of anilines is 2. The lowest BCUT2D eigenvalue weighted by molar-refractivity contribution is -0.115. The molecular formula is C18H19ClN2O3S. The third-order valence-electron chi connectivity index (χ3n) is 4.05. The van der Waals surface area contributed by atoms with Gasteiger partial charge in [0.25, 0.3) is 0 Å². The molecule has 1 aliphatic heterocycles. The van der Waals surface area contributed by atoms with E-state index in [1.807, 2.05) is 0 Å². The van der Waals surface area contributed by atoms with Gasteiger partial charge in [-0.25, -0.2) is 8.42 Å². The van der Waals surface area contributed by atoms with Crippen LogP contribution >= 0.6 is 11.6 Å². The maximum Gasteiger partial charge on any atom is 0.235 e. The molecule has 2 aromatic rings. The molecule has 5 nitrogen and oxygen atoms in total. The van der Waals surface area contributed by atoms with E-state index >= 15 is 0 Å². The van der Waals surface area contributed by atoms with Crippen LogP contribution in [0.3, 0.4) is 0 Å². The van der Waals surface area contributed by atoms with Crippen molar-refractivity contribution >= 4 is 38.9 Å². The second kappa shape index (κ2) is 7.45. The van der Waals surface area contributed by atoms with Crippen LogP contribution in [0.25, 0.3) is 0 Å². The maximum absolute atomic E-state index is 12.2. The number of nitrogens with one attached hydrogen (secondary N) is 1. The van der Waals surface area contributed by atoms with E-state index in [2.05, 4.69) is 5.32 Å². The van der Waals surface area contributed by atoms with E-state index in [4.69, 9.17) is 11.6 Å². The van der Waals surface area contributed by atoms with E-state index in [9.17, 15) is 13.2 Å². The van der Waals surface area contributed by atoms with Gasteiger partial charge in [0.05, 0.1) is 17.9 Å². The number of carbonyl (C=O) groups excluding carboxylic acids is 1. The molecule has 0 aliphatic carbocycles. The highest BCUT2D eigenvalue weighted by molar-refractivity contribution is 7.92. The Labute approximate surface area is 152 Å². The molecule has 0 atom stereocenters. The summed E-state index contributed by atoms with van der Waals surface area (Å²) in [7, 11) is -3.27. The van der Waals surface area contributed by atoms with Crippen LogP contribution < -0.4 is 9.62 Å². The molecule has 0 bridgehead atoms. The maximum atomic E-state index is 12.2. The van der Waals surface area contributed by atoms with Crippen molar-refractivity contribution in [3.05, 3.63) is 59.1 Å². The van der Waals surface area contributed by atoms with E-state index in [1.54, 1.807) is 48.5 Å². The number of amides is 1. The summed E-state index contributed by atoms with van der Waals surface area (Å²) >= 11 is 5.84. The predicted octanol–water partition coefficient (Wildman–Crippen LogP) is 3.45. The topological polar surface area (TPSA) is 66.5 Å². The van der Waals surface area contributed by atoms with Crippen molar-refractivity contribution in [3.8, 4) is 0 Å². The van der Waals surface area contributed by atoms with Crippen LogP contribution in [0.1, 0.15) is 18.4 Å². The Balaban J connectivity index is 1.71. The highest BCUT2D eigenvalue weighted by Crippen LogP contribution is 2.26. The Morgan fingerprint density at radius 3 is 2.60 bits per heavy atom. The van der Waals surface area contributed by atoms with E-state index in [0.29, 0.717) is 29.4 Å². The molecule has 25 heavy (non-hydrogen) atoms. The van der Waals surface area contributed by atoms with E-state index < -0.39 is 10.0 Å². The van der Waals surface area contributed by atoms with Gasteiger partial charge in [-0.15, -0.1) is 0 Å². The van der Waals surface area contributed by atoms with Gasteiger partial charge in [0.1, 0.15) is 0 Å². The van der Waals surface area contributed by atoms with Crippen molar-refractivity contribution in [2.24, 2.45) is 0 Å². The molecule has 1 N–H and O–H groups in total. The van der Waals surface area contributed by atoms with Gasteiger partial charge in [-0.05, 0) is 48.7 Å². The largest absolute Gasteiger partial charge is 0.326 e. The highest BCUT2D eigenvalue weighted by atomic mass is 35.5. The number of benzene rings is 2. The third-order valence-corrected chi connectivity index (χ3v) is 6.17. The molecule has 1 saturated heterocycles. The third kappa shape index (κ3) is 4.52. The Bertz CT molecular complexity index is 866. The van der Waals surface area contributed by atoms with Gasteiger partial charge in [0.2, 0.25) is 15.9 Å². The molecule has 0 unspecified atom stereocenters. The zero-order valence-electron chi connectivity index (χ0n) is 13.6. The monoisotopic (exact) mass is 378 g/mol. The van der Waals surface area contributed by atoms with Crippen molar-refractivity contribution in [1.82, 2.24) is 0 Å². The number of sulfonamides is 1. The molecule has 7 heteroatoms. The second-order valence-corrected chi connectivity index (χ2v) is 8.45. The standard InChI is InChI=1S/C18H19ClN2O3S/c19-15-8-6-14(7-9-15)12-18(22)20-16-4-3-5-17(13-16)21-10-1-2-11-25(21,23)24/h3-9,13H,1-2,10-12H2,(H,20,22). The Morgan fingerprint density at radius 2 is 1.88 bits per heavy atom. The molecule has 0 saturated carbocycles. The average molecular weight is 379 g/mol. The smallest absolute Gasteiger partial charge is 0.235 e. The molecule has 3 rings (SSSR count). The fraction of sp³-hybridized carbons (Fsp3) is 0.278. The van der Waals surface area contributed by atoms with Crippen LogP contribution in [0.4, 0.5) is 11.4 Å². The molecular weight excluding hydrogens is 360 g/mol. The summed E-state index contributed by atoms with van der Waals surface area (Å²) in [4.78, 5) is 12.2. The molecule has 1 aliphatic rings. The Kier molecular flexibility index (Phi) is 5.30. The van der Waals surface area contributed by atoms with E-state index in [1.165, 1.54) is 4.31 Å². The first-order chi connectivity index (χ1) is 11.9. The number of hydrogen-bond acceptors (Lipinski definition) is 3. The molecule has 132 valence electrons. The van der Waals surface area contributed by atoms with Crippen molar-refractivity contribution in [2.45, 2.75) is 19.3 Å². The Morgan fingerprint density at radius 1 is 1.12 bits per heavy atom. The summed E-state index contributed by atoms with van der Waals surface area (Å²) in [6, 6.07) is 14.0. The minimum atomic E-state index is -3.27. The van der Waals surface area contributed by atoms with Gasteiger partial charge in [-0.3, -0.25) is 9.10 Å². The lowest BCUT2D eigenvalue weighted by Gasteiger charge is -2.28. The fourth-order valence-corrected chi connectivity index (χ4v) is 4.57. The predicted molar refractivity (Wildman–Crippen MR) is 101 cm³/mol. The first-order valence-electron chi connectivity index (χ1n) is 8.09. The van der Waals surface area contributed by atoms with Crippen LogP contribution in [-0.2, 0) is 21.2 Å². The molecule has 0 spiro atoms. The van der Waals surface area contributed by atoms with Crippen molar-refractivity contribution < 1.29 is 13.2 Å². The molecule has 0 aromatic heterocycles. The minimum absolute atomic E-state index is 0.166. The van der Waals surface area contributed by atoms with E-state index in [0.717, 1.165) is 12.0 Å². The van der Waals surface area contributed by atoms with Crippen LogP contribution in [0.5, 0.6) is 0 Å². The second-order valence-electron chi connectivity index (χ2n) is 6.00. The summed E-state index contributed by atoms with van der Waals surface area (Å²) in [6.45, 7) is 0.477. The number of rotatable bonds is 4. The summed E-state index contributed by atoms with van der Waals surface area (Å²) < 4.78 is 25.8. The average Bonchev–Trinajstić information content (AvgIpc) is 2.57. The van der Waals surface area contributed by atoms with Crippen LogP contribution in [0.15, 0.2) is 48.5 Å². The van der Waals surface area contributed by atoms with Crippen LogP contribution in [0.2, 0.25) is 5.02 Å². The lowest BCUT2D eigenvalue weighted by atomic mass is 10.1. The molecule has 1 heterocycles. The summed E-state index contributed by atoms with van der Waals surface area (Å²) in [6.07, 6.45) is 1.76. The molecule has 1 fully saturated rings. The van der Waals surface area contributed by atoms with Gasteiger partial charge in [0, 0.05) is 17.3 Å². The molecule has 1 amide bonds. The number of halogens is 1. The normalized spacial score (nSPS) is 16.4. The molecule has 2 aromatic carbocycles. The first kappa shape index (κ1) is 17.8. The van der Waals surface area contributed by atoms with Crippen molar-refractivity contribution in [2.75, 3.05) is 21.9 Å². The quantitative estimate of drug-likeness (QED) is 0.886. The summed E-state index contributed by atoms with van der Waals surface area (Å²) in [5.41, 5.74) is 2.03. The first-order valence-corrected chi connectivity index (χ1v) is 10.1. The lowest BCUT2D eigenvalue weighted by Crippen LogP contribution is -2.37. The van der Waals surface area contributed by atoms with Gasteiger partial charge in [0.15, 0.2) is 0 Å². The van der Waals surface area contributed by atoms with Crippen LogP contribution in [0, 0.1) is 0 Å². The van der Waals surface area contributed by atoms with Crippen molar-refractivity contribution in [1.29, 1.82) is 0 Å². The highest BCUT2D eigenvalue weighted by Gasteiger charge is 2.26. The summed E-state index contributed by atoms with van der Waals surface area (Å²) in [5.74, 6) is 0.00105. The van der Waals surface area contributed by atoms with E-state index in [-0.39, 0.29) is 18.1 Å². The zero-order valence-corrected chi connectivity index (χ0v) is 15.2. The Hall–Kier alpha value is -2.05. The van der Waals surface area contributed by atoms with Gasteiger partial charge < -0.3 is 5.32 Å². The van der Waals surface area contributed by atoms with Crippen molar-refractivity contribution in [3.63, 3.8) is 0 Å². The number of nitrogens with zero attached hydrogens (tertiary/aromatic N) is 1. The van der Waals surface area contributed by atoms with Gasteiger partial charge >= 0.3 is 0 Å². The SMILES string of the molecule is O=C(Cc1ccc(Cl)cc1)Nc1cccc(N2CCCCS2(=O)=O)c1.